The number of hydrogen-bond donors (Lipinski definition) is 0. The van der Waals surface area contributed by atoms with Crippen molar-refractivity contribution < 1.29 is 62.2 Å². The molecule has 26 heavy (non-hydrogen) atoms. The van der Waals surface area contributed by atoms with Gasteiger partial charge in [0.25, 0.3) is 0 Å². The van der Waals surface area contributed by atoms with Gasteiger partial charge in [-0.15, -0.1) is 0 Å². The van der Waals surface area contributed by atoms with Crippen LogP contribution in [0.4, 0.5) is 52.7 Å². The van der Waals surface area contributed by atoms with E-state index in [1.54, 1.807) is 0 Å². The van der Waals surface area contributed by atoms with Crippen LogP contribution in [0.25, 0.3) is 0 Å². The molecule has 0 N–H and O–H groups in total. The van der Waals surface area contributed by atoms with Crippen LogP contribution in [0.15, 0.2) is 12.2 Å². The van der Waals surface area contributed by atoms with Gasteiger partial charge in [-0.3, -0.25) is 0 Å². The van der Waals surface area contributed by atoms with Crippen LogP contribution in [0, 0.1) is 0 Å². The number of carbonyl (C=O) groups is 1. The molecular formula is C11H7ClF12O2. The van der Waals surface area contributed by atoms with Crippen molar-refractivity contribution in [1.82, 2.24) is 0 Å². The van der Waals surface area contributed by atoms with Gasteiger partial charge in [-0.2, -0.15) is 48.3 Å². The molecule has 0 heterocycles. The first-order valence-electron chi connectivity index (χ1n) is 5.98. The van der Waals surface area contributed by atoms with Crippen LogP contribution in [0.1, 0.15) is 13.3 Å². The zero-order valence-electron chi connectivity index (χ0n) is 12.1. The quantitative estimate of drug-likeness (QED) is 0.230. The molecule has 1 atom stereocenters. The van der Waals surface area contributed by atoms with Crippen LogP contribution in [-0.4, -0.2) is 41.1 Å². The monoisotopic (exact) mass is 434 g/mol. The predicted octanol–water partition coefficient (Wildman–Crippen LogP) is 5.46. The number of alkyl halides is 13. The minimum atomic E-state index is -7.80. The lowest BCUT2D eigenvalue weighted by atomic mass is 9.98. The molecule has 0 aliphatic carbocycles. The number of rotatable bonds is 7. The van der Waals surface area contributed by atoms with Crippen molar-refractivity contribution in [3.63, 3.8) is 0 Å². The average Bonchev–Trinajstić information content (AvgIpc) is 2.43. The third-order valence-corrected chi connectivity index (χ3v) is 3.30. The van der Waals surface area contributed by atoms with Gasteiger partial charge >= 0.3 is 41.1 Å². The maximum atomic E-state index is 13.6. The van der Waals surface area contributed by atoms with Gasteiger partial charge in [0.05, 0.1) is 0 Å². The minimum Gasteiger partial charge on any atom is -0.394 e. The van der Waals surface area contributed by atoms with E-state index in [-0.39, 0.29) is 0 Å². The molecule has 0 aliphatic heterocycles. The Bertz CT molecular complexity index is 566. The maximum absolute atomic E-state index is 13.6. The first-order chi connectivity index (χ1) is 11.1. The molecular weight excluding hydrogens is 428 g/mol. The highest BCUT2D eigenvalue weighted by Crippen LogP contribution is 2.61. The second-order valence-electron chi connectivity index (χ2n) is 4.66. The lowest BCUT2D eigenvalue weighted by Crippen LogP contribution is -2.70. The van der Waals surface area contributed by atoms with E-state index in [0.717, 1.165) is 6.92 Å². The largest absolute Gasteiger partial charge is 0.460 e. The van der Waals surface area contributed by atoms with Crippen LogP contribution < -0.4 is 0 Å². The summed E-state index contributed by atoms with van der Waals surface area (Å²) in [4.78, 5) is 11.0. The first-order valence-corrected chi connectivity index (χ1v) is 6.36. The summed E-state index contributed by atoms with van der Waals surface area (Å²) in [5, 5.41) is -6.69. The van der Waals surface area contributed by atoms with E-state index in [2.05, 4.69) is 22.9 Å². The first kappa shape index (κ1) is 24.7. The second kappa shape index (κ2) is 6.68. The van der Waals surface area contributed by atoms with Crippen molar-refractivity contribution in [2.75, 3.05) is 0 Å². The third kappa shape index (κ3) is 3.56. The summed E-state index contributed by atoms with van der Waals surface area (Å²) in [7, 11) is 0. The minimum absolute atomic E-state index is 0.491. The smallest absolute Gasteiger partial charge is 0.394 e. The fraction of sp³-hybridized carbons (Fsp3) is 0.727. The van der Waals surface area contributed by atoms with Crippen LogP contribution in [-0.2, 0) is 9.53 Å². The van der Waals surface area contributed by atoms with Crippen molar-refractivity contribution in [2.24, 2.45) is 0 Å². The lowest BCUT2D eigenvalue weighted by Gasteiger charge is -2.39. The third-order valence-electron chi connectivity index (χ3n) is 2.84. The van der Waals surface area contributed by atoms with Crippen molar-refractivity contribution >= 4 is 17.6 Å². The Morgan fingerprint density at radius 1 is 0.846 bits per heavy atom. The van der Waals surface area contributed by atoms with Crippen molar-refractivity contribution in [2.45, 2.75) is 48.5 Å². The van der Waals surface area contributed by atoms with Crippen molar-refractivity contribution in [3.05, 3.63) is 12.2 Å². The summed E-state index contributed by atoms with van der Waals surface area (Å²) >= 11 is 3.90. The fourth-order valence-electron chi connectivity index (χ4n) is 1.15. The lowest BCUT2D eigenvalue weighted by molar-refractivity contribution is -0.425. The number of ether oxygens (including phenoxy) is 1. The van der Waals surface area contributed by atoms with Crippen LogP contribution >= 0.6 is 11.6 Å². The van der Waals surface area contributed by atoms with E-state index < -0.39 is 53.1 Å². The number of halogens is 13. The van der Waals surface area contributed by atoms with Gasteiger partial charge in [0.2, 0.25) is 0 Å². The van der Waals surface area contributed by atoms with Gasteiger partial charge in [-0.25, -0.2) is 9.18 Å². The Morgan fingerprint density at radius 3 is 1.54 bits per heavy atom. The van der Waals surface area contributed by atoms with E-state index >= 15 is 0 Å². The maximum Gasteiger partial charge on any atom is 0.460 e. The standard InChI is InChI=1S/C11H7ClF12O2/c1-3-4(2)5(25)26-11(23,24)6(12,13)7(14,15)8(16,17)9(18,19)10(20,21)22/h2-3H2,1H3. The van der Waals surface area contributed by atoms with E-state index in [4.69, 9.17) is 0 Å². The van der Waals surface area contributed by atoms with E-state index in [1.165, 1.54) is 0 Å². The highest BCUT2D eigenvalue weighted by Gasteiger charge is 2.90. The number of carbonyl (C=O) groups excluding carboxylic acids is 1. The summed E-state index contributed by atoms with van der Waals surface area (Å²) in [5.41, 5.74) is -0.937. The molecule has 15 heteroatoms. The SMILES string of the molecule is C=C(CC)C(=O)OC(F)(F)C(F)(Cl)C(F)(F)C(F)(F)C(F)(F)C(F)(F)F. The Hall–Kier alpha value is -1.34. The Balaban J connectivity index is 6.16. The summed E-state index contributed by atoms with van der Waals surface area (Å²) in [6.45, 7) is 3.81. The molecule has 0 aromatic rings. The Morgan fingerprint density at radius 2 is 1.23 bits per heavy atom. The van der Waals surface area contributed by atoms with Crippen molar-refractivity contribution in [3.8, 4) is 0 Å². The zero-order valence-corrected chi connectivity index (χ0v) is 12.9. The molecule has 0 radical (unpaired) electrons. The van der Waals surface area contributed by atoms with E-state index in [0.29, 0.717) is 0 Å². The van der Waals surface area contributed by atoms with E-state index in [9.17, 15) is 57.5 Å². The summed E-state index contributed by atoms with van der Waals surface area (Å²) in [5.74, 6) is -25.4. The normalized spacial score (nSPS) is 16.8. The topological polar surface area (TPSA) is 26.3 Å². The molecule has 0 saturated heterocycles. The summed E-state index contributed by atoms with van der Waals surface area (Å²) < 4.78 is 157. The molecule has 0 saturated carbocycles. The average molecular weight is 435 g/mol. The van der Waals surface area contributed by atoms with Gasteiger partial charge in [-0.05, 0) is 6.42 Å². The molecule has 0 rings (SSSR count). The molecule has 0 aromatic carbocycles. The van der Waals surface area contributed by atoms with Gasteiger partial charge in [-0.1, -0.05) is 25.1 Å². The highest BCUT2D eigenvalue weighted by molar-refractivity contribution is 6.24. The highest BCUT2D eigenvalue weighted by atomic mass is 35.5. The van der Waals surface area contributed by atoms with Gasteiger partial charge < -0.3 is 4.74 Å². The van der Waals surface area contributed by atoms with Crippen molar-refractivity contribution in [1.29, 1.82) is 0 Å². The summed E-state index contributed by atoms with van der Waals surface area (Å²) in [6.07, 6.45) is -14.3. The Labute approximate surface area is 141 Å². The molecule has 0 spiro atoms. The van der Waals surface area contributed by atoms with Gasteiger partial charge in [0.15, 0.2) is 0 Å². The number of hydrogen-bond acceptors (Lipinski definition) is 2. The van der Waals surface area contributed by atoms with E-state index in [1.807, 2.05) is 0 Å². The fourth-order valence-corrected chi connectivity index (χ4v) is 1.31. The summed E-state index contributed by atoms with van der Waals surface area (Å²) in [6, 6.07) is 0. The van der Waals surface area contributed by atoms with Gasteiger partial charge in [0.1, 0.15) is 0 Å². The molecule has 0 fully saturated rings. The van der Waals surface area contributed by atoms with Crippen LogP contribution in [0.2, 0.25) is 0 Å². The Kier molecular flexibility index (Phi) is 6.33. The number of esters is 1. The second-order valence-corrected chi connectivity index (χ2v) is 5.18. The molecule has 0 bridgehead atoms. The van der Waals surface area contributed by atoms with Gasteiger partial charge in [0, 0.05) is 5.57 Å². The molecule has 154 valence electrons. The molecule has 0 amide bonds. The van der Waals surface area contributed by atoms with Crippen LogP contribution in [0.5, 0.6) is 0 Å². The molecule has 0 aliphatic rings. The van der Waals surface area contributed by atoms with Crippen LogP contribution in [0.3, 0.4) is 0 Å². The molecule has 2 nitrogen and oxygen atoms in total. The molecule has 1 unspecified atom stereocenters. The zero-order chi connectivity index (χ0) is 21.6. The molecule has 0 aromatic heterocycles. The predicted molar refractivity (Wildman–Crippen MR) is 61.1 cm³/mol.